The van der Waals surface area contributed by atoms with E-state index in [1.165, 1.54) is 6.42 Å². The molecule has 4 nitrogen and oxygen atoms in total. The number of carbonyl (C=O) groups excluding carboxylic acids is 1. The first-order valence-electron chi connectivity index (χ1n) is 6.56. The van der Waals surface area contributed by atoms with Gasteiger partial charge in [-0.25, -0.2) is 0 Å². The Balaban J connectivity index is 1.73. The van der Waals surface area contributed by atoms with Crippen LogP contribution in [-0.2, 0) is 4.79 Å². The smallest absolute Gasteiger partial charge is 0.221 e. The first kappa shape index (κ1) is 13.1. The second-order valence-electron chi connectivity index (χ2n) is 4.82. The minimum absolute atomic E-state index is 0.0278. The van der Waals surface area contributed by atoms with Crippen LogP contribution in [0.2, 0.25) is 0 Å². The van der Waals surface area contributed by atoms with Crippen LogP contribution in [0.5, 0.6) is 0 Å². The van der Waals surface area contributed by atoms with Gasteiger partial charge in [0.1, 0.15) is 0 Å². The lowest BCUT2D eigenvalue weighted by molar-refractivity contribution is -0.121. The maximum atomic E-state index is 11.8. The van der Waals surface area contributed by atoms with E-state index >= 15 is 0 Å². The van der Waals surface area contributed by atoms with Gasteiger partial charge in [-0.3, -0.25) is 4.79 Å². The number of rotatable bonds is 5. The Labute approximate surface area is 108 Å². The van der Waals surface area contributed by atoms with E-state index in [0.717, 1.165) is 18.5 Å². The van der Waals surface area contributed by atoms with Crippen LogP contribution in [0, 0.1) is 0 Å². The fourth-order valence-electron chi connectivity index (χ4n) is 2.26. The van der Waals surface area contributed by atoms with Crippen molar-refractivity contribution in [2.75, 3.05) is 13.1 Å². The van der Waals surface area contributed by atoms with Crippen LogP contribution in [0.15, 0.2) is 30.3 Å². The molecule has 2 unspecified atom stereocenters. The molecular weight excluding hydrogens is 226 g/mol. The van der Waals surface area contributed by atoms with E-state index in [4.69, 9.17) is 5.73 Å². The standard InChI is InChI=1S/C14H21N3O/c15-13(11-5-2-1-3-6-11)9-14(18)17-10-12-7-4-8-16-12/h1-3,5-6,12-13,16H,4,7-10,15H2,(H,17,18). The fourth-order valence-corrected chi connectivity index (χ4v) is 2.26. The third-order valence-electron chi connectivity index (χ3n) is 3.34. The van der Waals surface area contributed by atoms with E-state index in [9.17, 15) is 4.79 Å². The number of hydrogen-bond acceptors (Lipinski definition) is 3. The molecule has 0 bridgehead atoms. The average molecular weight is 247 g/mol. The summed E-state index contributed by atoms with van der Waals surface area (Å²) in [6.07, 6.45) is 2.69. The van der Waals surface area contributed by atoms with E-state index in [0.29, 0.717) is 19.0 Å². The zero-order chi connectivity index (χ0) is 12.8. The van der Waals surface area contributed by atoms with Crippen molar-refractivity contribution in [1.82, 2.24) is 10.6 Å². The summed E-state index contributed by atoms with van der Waals surface area (Å²) in [5.74, 6) is 0.0278. The summed E-state index contributed by atoms with van der Waals surface area (Å²) in [5, 5.41) is 6.29. The van der Waals surface area contributed by atoms with Gasteiger partial charge < -0.3 is 16.4 Å². The Bertz CT molecular complexity index is 374. The molecular formula is C14H21N3O. The quantitative estimate of drug-likeness (QED) is 0.725. The number of amides is 1. The molecule has 0 spiro atoms. The number of benzene rings is 1. The zero-order valence-corrected chi connectivity index (χ0v) is 10.6. The predicted molar refractivity (Wildman–Crippen MR) is 72.0 cm³/mol. The number of hydrogen-bond donors (Lipinski definition) is 3. The first-order chi connectivity index (χ1) is 8.75. The van der Waals surface area contributed by atoms with E-state index in [-0.39, 0.29) is 11.9 Å². The fraction of sp³-hybridized carbons (Fsp3) is 0.500. The molecule has 2 rings (SSSR count). The van der Waals surface area contributed by atoms with Crippen LogP contribution in [0.4, 0.5) is 0 Å². The predicted octanol–water partition coefficient (Wildman–Crippen LogP) is 0.945. The maximum absolute atomic E-state index is 11.8. The van der Waals surface area contributed by atoms with Crippen molar-refractivity contribution in [3.63, 3.8) is 0 Å². The molecule has 4 N–H and O–H groups in total. The van der Waals surface area contributed by atoms with Crippen molar-refractivity contribution in [2.45, 2.75) is 31.3 Å². The van der Waals surface area contributed by atoms with Gasteiger partial charge in [0.25, 0.3) is 0 Å². The summed E-state index contributed by atoms with van der Waals surface area (Å²) in [5.41, 5.74) is 7.01. The molecule has 1 aromatic rings. The second kappa shape index (κ2) is 6.52. The first-order valence-corrected chi connectivity index (χ1v) is 6.56. The molecule has 1 amide bonds. The summed E-state index contributed by atoms with van der Waals surface area (Å²) >= 11 is 0. The SMILES string of the molecule is NC(CC(=O)NCC1CCCN1)c1ccccc1. The van der Waals surface area contributed by atoms with Gasteiger partial charge in [-0.2, -0.15) is 0 Å². The molecule has 0 aromatic heterocycles. The molecule has 4 heteroatoms. The van der Waals surface area contributed by atoms with Gasteiger partial charge in [0.05, 0.1) is 0 Å². The Morgan fingerprint density at radius 3 is 2.89 bits per heavy atom. The van der Waals surface area contributed by atoms with Crippen LogP contribution in [0.3, 0.4) is 0 Å². The minimum Gasteiger partial charge on any atom is -0.354 e. The maximum Gasteiger partial charge on any atom is 0.221 e. The van der Waals surface area contributed by atoms with Crippen molar-refractivity contribution < 1.29 is 4.79 Å². The summed E-state index contributed by atoms with van der Waals surface area (Å²) in [6, 6.07) is 9.95. The molecule has 2 atom stereocenters. The Morgan fingerprint density at radius 1 is 1.44 bits per heavy atom. The molecule has 1 heterocycles. The Hall–Kier alpha value is -1.39. The van der Waals surface area contributed by atoms with Gasteiger partial charge >= 0.3 is 0 Å². The highest BCUT2D eigenvalue weighted by atomic mass is 16.1. The molecule has 1 aliphatic heterocycles. The second-order valence-corrected chi connectivity index (χ2v) is 4.82. The van der Waals surface area contributed by atoms with Crippen LogP contribution in [0.25, 0.3) is 0 Å². The lowest BCUT2D eigenvalue weighted by Crippen LogP contribution is -2.38. The lowest BCUT2D eigenvalue weighted by Gasteiger charge is -2.14. The molecule has 1 aromatic carbocycles. The third-order valence-corrected chi connectivity index (χ3v) is 3.34. The monoisotopic (exact) mass is 247 g/mol. The van der Waals surface area contributed by atoms with Gasteiger partial charge in [0.15, 0.2) is 0 Å². The van der Waals surface area contributed by atoms with Gasteiger partial charge in [0.2, 0.25) is 5.91 Å². The van der Waals surface area contributed by atoms with E-state index < -0.39 is 0 Å². The van der Waals surface area contributed by atoms with Gasteiger partial charge in [0, 0.05) is 25.0 Å². The van der Waals surface area contributed by atoms with Crippen molar-refractivity contribution >= 4 is 5.91 Å². The average Bonchev–Trinajstić information content (AvgIpc) is 2.90. The van der Waals surface area contributed by atoms with Crippen molar-refractivity contribution in [1.29, 1.82) is 0 Å². The molecule has 1 aliphatic rings. The van der Waals surface area contributed by atoms with Gasteiger partial charge in [-0.1, -0.05) is 30.3 Å². The van der Waals surface area contributed by atoms with E-state index in [1.807, 2.05) is 30.3 Å². The van der Waals surface area contributed by atoms with E-state index in [1.54, 1.807) is 0 Å². The third kappa shape index (κ3) is 3.82. The highest BCUT2D eigenvalue weighted by molar-refractivity contribution is 5.76. The number of carbonyl (C=O) groups is 1. The van der Waals surface area contributed by atoms with Crippen LogP contribution < -0.4 is 16.4 Å². The topological polar surface area (TPSA) is 67.2 Å². The highest BCUT2D eigenvalue weighted by Gasteiger charge is 2.16. The van der Waals surface area contributed by atoms with Crippen molar-refractivity contribution in [3.8, 4) is 0 Å². The Morgan fingerprint density at radius 2 is 2.22 bits per heavy atom. The zero-order valence-electron chi connectivity index (χ0n) is 10.6. The Kier molecular flexibility index (Phi) is 4.73. The number of nitrogens with one attached hydrogen (secondary N) is 2. The lowest BCUT2D eigenvalue weighted by atomic mass is 10.0. The van der Waals surface area contributed by atoms with Crippen LogP contribution in [0.1, 0.15) is 30.9 Å². The molecule has 0 aliphatic carbocycles. The van der Waals surface area contributed by atoms with Gasteiger partial charge in [-0.15, -0.1) is 0 Å². The van der Waals surface area contributed by atoms with Crippen LogP contribution in [-0.4, -0.2) is 25.0 Å². The molecule has 18 heavy (non-hydrogen) atoms. The van der Waals surface area contributed by atoms with Crippen LogP contribution >= 0.6 is 0 Å². The van der Waals surface area contributed by atoms with Gasteiger partial charge in [-0.05, 0) is 24.9 Å². The molecule has 0 radical (unpaired) electrons. The molecule has 1 saturated heterocycles. The van der Waals surface area contributed by atoms with E-state index in [2.05, 4.69) is 10.6 Å². The molecule has 1 fully saturated rings. The minimum atomic E-state index is -0.220. The summed E-state index contributed by atoms with van der Waals surface area (Å²) in [7, 11) is 0. The molecule has 98 valence electrons. The summed E-state index contributed by atoms with van der Waals surface area (Å²) < 4.78 is 0. The highest BCUT2D eigenvalue weighted by Crippen LogP contribution is 2.13. The largest absolute Gasteiger partial charge is 0.354 e. The van der Waals surface area contributed by atoms with Crippen molar-refractivity contribution in [2.24, 2.45) is 5.73 Å². The number of nitrogens with two attached hydrogens (primary N) is 1. The normalized spacial score (nSPS) is 20.6. The summed E-state index contributed by atoms with van der Waals surface area (Å²) in [4.78, 5) is 11.8. The van der Waals surface area contributed by atoms with Crippen molar-refractivity contribution in [3.05, 3.63) is 35.9 Å². The summed E-state index contributed by atoms with van der Waals surface area (Å²) in [6.45, 7) is 1.77. The molecule has 0 saturated carbocycles.